The Labute approximate surface area is 172 Å². The van der Waals surface area contributed by atoms with E-state index in [4.69, 9.17) is 4.74 Å². The molecular weight excluding hydrogens is 364 g/mol. The molecule has 0 fully saturated rings. The van der Waals surface area contributed by atoms with Gasteiger partial charge >= 0.3 is 0 Å². The smallest absolute Gasteiger partial charge is 0.265 e. The Morgan fingerprint density at radius 1 is 1.14 bits per heavy atom. The summed E-state index contributed by atoms with van der Waals surface area (Å²) in [5.74, 6) is 1.17. The molecule has 2 aromatic rings. The molecule has 0 unspecified atom stereocenters. The predicted octanol–water partition coefficient (Wildman–Crippen LogP) is 4.84. The molecule has 0 saturated carbocycles. The maximum atomic E-state index is 12.3. The number of ether oxygens (including phenoxy) is 1. The molecule has 152 valence electrons. The van der Waals surface area contributed by atoms with Gasteiger partial charge in [-0.1, -0.05) is 52.0 Å². The second kappa shape index (κ2) is 8.95. The fourth-order valence-electron chi connectivity index (χ4n) is 3.19. The molecule has 2 aromatic carbocycles. The average molecular weight is 392 g/mol. The van der Waals surface area contributed by atoms with Gasteiger partial charge in [0, 0.05) is 18.3 Å². The quantitative estimate of drug-likeness (QED) is 0.716. The van der Waals surface area contributed by atoms with Crippen LogP contribution < -0.4 is 15.0 Å². The van der Waals surface area contributed by atoms with E-state index in [1.807, 2.05) is 12.1 Å². The van der Waals surface area contributed by atoms with E-state index in [1.165, 1.54) is 11.6 Å². The molecule has 1 aliphatic rings. The first-order valence-corrected chi connectivity index (χ1v) is 9.99. The van der Waals surface area contributed by atoms with E-state index in [0.717, 1.165) is 5.56 Å². The van der Waals surface area contributed by atoms with Crippen LogP contribution in [0.2, 0.25) is 0 Å². The molecule has 0 atom stereocenters. The molecule has 0 aliphatic carbocycles. The second-order valence-electron chi connectivity index (χ2n) is 8.01. The summed E-state index contributed by atoms with van der Waals surface area (Å²) < 4.78 is 5.52. The van der Waals surface area contributed by atoms with Crippen LogP contribution in [0.1, 0.15) is 44.7 Å². The maximum Gasteiger partial charge on any atom is 0.265 e. The highest BCUT2D eigenvalue weighted by atomic mass is 16.5. The average Bonchev–Trinajstić information content (AvgIpc) is 2.69. The summed E-state index contributed by atoms with van der Waals surface area (Å²) >= 11 is 0. The van der Waals surface area contributed by atoms with Gasteiger partial charge in [-0.05, 0) is 47.2 Å². The van der Waals surface area contributed by atoms with Crippen molar-refractivity contribution < 1.29 is 14.3 Å². The van der Waals surface area contributed by atoms with Crippen LogP contribution >= 0.6 is 0 Å². The van der Waals surface area contributed by atoms with Crippen LogP contribution in [0, 0.1) is 5.92 Å². The van der Waals surface area contributed by atoms with E-state index in [1.54, 1.807) is 29.2 Å². The Bertz CT molecular complexity index is 914. The Morgan fingerprint density at radius 3 is 2.52 bits per heavy atom. The zero-order chi connectivity index (χ0) is 21.0. The normalized spacial score (nSPS) is 13.7. The van der Waals surface area contributed by atoms with E-state index in [0.29, 0.717) is 35.5 Å². The number of hydrogen-bond acceptors (Lipinski definition) is 3. The van der Waals surface area contributed by atoms with Gasteiger partial charge in [0.15, 0.2) is 6.61 Å². The number of amides is 2. The van der Waals surface area contributed by atoms with E-state index < -0.39 is 0 Å². The Hall–Kier alpha value is -3.08. The van der Waals surface area contributed by atoms with Crippen molar-refractivity contribution in [2.75, 3.05) is 23.4 Å². The van der Waals surface area contributed by atoms with E-state index in [9.17, 15) is 9.59 Å². The van der Waals surface area contributed by atoms with Crippen LogP contribution in [0.15, 0.2) is 48.5 Å². The number of nitrogens with one attached hydrogen (secondary N) is 1. The molecule has 1 aliphatic heterocycles. The summed E-state index contributed by atoms with van der Waals surface area (Å²) in [5, 5.41) is 2.86. The molecule has 0 saturated heterocycles. The van der Waals surface area contributed by atoms with Gasteiger partial charge < -0.3 is 15.0 Å². The zero-order valence-corrected chi connectivity index (χ0v) is 17.4. The minimum Gasteiger partial charge on any atom is -0.482 e. The van der Waals surface area contributed by atoms with Crippen LogP contribution in [0.3, 0.4) is 0 Å². The minimum absolute atomic E-state index is 0.0454. The lowest BCUT2D eigenvalue weighted by atomic mass is 10.0. The monoisotopic (exact) mass is 392 g/mol. The summed E-state index contributed by atoms with van der Waals surface area (Å²) in [6, 6.07) is 13.5. The van der Waals surface area contributed by atoms with E-state index in [-0.39, 0.29) is 18.4 Å². The standard InChI is InChI=1S/C24H28N2O3/c1-16(2)14-26-21-13-20(10-11-22(21)29-15-24(26)28)25-23(27)12-7-18-5-8-19(9-6-18)17(3)4/h5-13,16-17H,14-15H2,1-4H3,(H,25,27)/b12-7+. The zero-order valence-electron chi connectivity index (χ0n) is 17.4. The molecule has 5 nitrogen and oxygen atoms in total. The number of nitrogens with zero attached hydrogens (tertiary/aromatic N) is 1. The number of carbonyl (C=O) groups excluding carboxylic acids is 2. The van der Waals surface area contributed by atoms with Crippen molar-refractivity contribution in [1.29, 1.82) is 0 Å². The third kappa shape index (κ3) is 5.25. The lowest BCUT2D eigenvalue weighted by molar-refractivity contribution is -0.121. The van der Waals surface area contributed by atoms with Crippen LogP contribution in [-0.4, -0.2) is 25.0 Å². The second-order valence-corrected chi connectivity index (χ2v) is 8.01. The molecule has 0 spiro atoms. The lowest BCUT2D eigenvalue weighted by Gasteiger charge is -2.31. The number of fused-ring (bicyclic) bond motifs is 1. The van der Waals surface area contributed by atoms with Crippen molar-refractivity contribution in [3.63, 3.8) is 0 Å². The van der Waals surface area contributed by atoms with Gasteiger partial charge in [0.2, 0.25) is 5.91 Å². The number of anilines is 2. The van der Waals surface area contributed by atoms with Crippen molar-refractivity contribution in [2.45, 2.75) is 33.6 Å². The minimum atomic E-state index is -0.226. The number of hydrogen-bond donors (Lipinski definition) is 1. The molecule has 0 bridgehead atoms. The summed E-state index contributed by atoms with van der Waals surface area (Å²) in [5.41, 5.74) is 3.56. The highest BCUT2D eigenvalue weighted by Crippen LogP contribution is 2.35. The van der Waals surface area contributed by atoms with Gasteiger partial charge in [0.05, 0.1) is 5.69 Å². The van der Waals surface area contributed by atoms with Crippen LogP contribution in [0.5, 0.6) is 5.75 Å². The molecule has 2 amide bonds. The van der Waals surface area contributed by atoms with Gasteiger partial charge in [-0.15, -0.1) is 0 Å². The van der Waals surface area contributed by atoms with Crippen molar-refractivity contribution in [2.24, 2.45) is 5.92 Å². The first kappa shape index (κ1) is 20.6. The van der Waals surface area contributed by atoms with Gasteiger partial charge in [-0.2, -0.15) is 0 Å². The number of rotatable bonds is 6. The number of carbonyl (C=O) groups is 2. The molecule has 0 aromatic heterocycles. The third-order valence-electron chi connectivity index (χ3n) is 4.75. The molecule has 1 heterocycles. The van der Waals surface area contributed by atoms with Crippen molar-refractivity contribution in [3.05, 3.63) is 59.7 Å². The lowest BCUT2D eigenvalue weighted by Crippen LogP contribution is -2.41. The summed E-state index contributed by atoms with van der Waals surface area (Å²) in [4.78, 5) is 26.3. The fourth-order valence-corrected chi connectivity index (χ4v) is 3.19. The third-order valence-corrected chi connectivity index (χ3v) is 4.75. The Kier molecular flexibility index (Phi) is 6.37. The van der Waals surface area contributed by atoms with Gasteiger partial charge in [0.1, 0.15) is 5.75 Å². The first-order valence-electron chi connectivity index (χ1n) is 9.99. The molecule has 5 heteroatoms. The molecule has 1 N–H and O–H groups in total. The van der Waals surface area contributed by atoms with Crippen molar-refractivity contribution in [1.82, 2.24) is 0 Å². The van der Waals surface area contributed by atoms with Crippen LogP contribution in [0.4, 0.5) is 11.4 Å². The van der Waals surface area contributed by atoms with E-state index >= 15 is 0 Å². The van der Waals surface area contributed by atoms with Gasteiger partial charge in [-0.25, -0.2) is 0 Å². The molecule has 0 radical (unpaired) electrons. The Balaban J connectivity index is 1.71. The highest BCUT2D eigenvalue weighted by Gasteiger charge is 2.26. The van der Waals surface area contributed by atoms with E-state index in [2.05, 4.69) is 45.1 Å². The van der Waals surface area contributed by atoms with Crippen LogP contribution in [0.25, 0.3) is 6.08 Å². The molecule has 3 rings (SSSR count). The Morgan fingerprint density at radius 2 is 1.86 bits per heavy atom. The predicted molar refractivity (Wildman–Crippen MR) is 117 cm³/mol. The van der Waals surface area contributed by atoms with Crippen molar-refractivity contribution >= 4 is 29.3 Å². The van der Waals surface area contributed by atoms with Gasteiger partial charge in [0.25, 0.3) is 5.91 Å². The maximum absolute atomic E-state index is 12.3. The summed E-state index contributed by atoms with van der Waals surface area (Å²) in [7, 11) is 0. The SMILES string of the molecule is CC(C)CN1C(=O)COc2ccc(NC(=O)/C=C/c3ccc(C(C)C)cc3)cc21. The largest absolute Gasteiger partial charge is 0.482 e. The molecule has 29 heavy (non-hydrogen) atoms. The highest BCUT2D eigenvalue weighted by molar-refractivity contribution is 6.03. The topological polar surface area (TPSA) is 58.6 Å². The summed E-state index contributed by atoms with van der Waals surface area (Å²) in [6.07, 6.45) is 3.30. The first-order chi connectivity index (χ1) is 13.8. The molecular formula is C24H28N2O3. The number of benzene rings is 2. The fraction of sp³-hybridized carbons (Fsp3) is 0.333. The van der Waals surface area contributed by atoms with Crippen LogP contribution in [-0.2, 0) is 9.59 Å². The van der Waals surface area contributed by atoms with Gasteiger partial charge in [-0.3, -0.25) is 9.59 Å². The van der Waals surface area contributed by atoms with Crippen molar-refractivity contribution in [3.8, 4) is 5.75 Å². The summed E-state index contributed by atoms with van der Waals surface area (Å²) in [6.45, 7) is 9.08.